The van der Waals surface area contributed by atoms with E-state index in [1.54, 1.807) is 48.3 Å². The average molecular weight is 1090 g/mol. The van der Waals surface area contributed by atoms with Crippen molar-refractivity contribution < 1.29 is 46.7 Å². The molecule has 0 aliphatic rings. The van der Waals surface area contributed by atoms with Crippen LogP contribution in [0.15, 0.2) is 143 Å². The lowest BCUT2D eigenvalue weighted by Gasteiger charge is -2.16. The zero-order valence-corrected chi connectivity index (χ0v) is 43.8. The van der Waals surface area contributed by atoms with Crippen LogP contribution in [0.4, 0.5) is 11.8 Å². The Balaban J connectivity index is 0.688. The first-order valence-electron chi connectivity index (χ1n) is 25.1. The van der Waals surface area contributed by atoms with Crippen molar-refractivity contribution in [1.82, 2.24) is 40.8 Å². The lowest BCUT2D eigenvalue weighted by Crippen LogP contribution is -2.46. The van der Waals surface area contributed by atoms with Gasteiger partial charge in [0.25, 0.3) is 21.9 Å². The Bertz CT molecular complexity index is 3270. The number of nitrogens with zero attached hydrogens (tertiary/aromatic N) is 4. The van der Waals surface area contributed by atoms with Crippen molar-refractivity contribution >= 4 is 56.8 Å². The molecule has 7 rings (SSSR count). The van der Waals surface area contributed by atoms with Gasteiger partial charge in [0.05, 0.1) is 43.7 Å². The molecule has 22 nitrogen and oxygen atoms in total. The van der Waals surface area contributed by atoms with Gasteiger partial charge in [-0.05, 0) is 77.5 Å². The van der Waals surface area contributed by atoms with Crippen molar-refractivity contribution in [2.45, 2.75) is 43.4 Å². The van der Waals surface area contributed by atoms with Gasteiger partial charge in [-0.25, -0.2) is 9.97 Å². The molecule has 0 saturated carbocycles. The summed E-state index contributed by atoms with van der Waals surface area (Å²) in [6, 6.07) is 29.4. The molecule has 78 heavy (non-hydrogen) atoms. The number of carbonyl (C=O) groups is 3. The third-order valence-corrected chi connectivity index (χ3v) is 13.0. The van der Waals surface area contributed by atoms with Gasteiger partial charge < -0.3 is 50.1 Å². The minimum absolute atomic E-state index is 0.0790. The molecule has 1 unspecified atom stereocenters. The van der Waals surface area contributed by atoms with Crippen molar-refractivity contribution in [1.29, 1.82) is 0 Å². The van der Waals surface area contributed by atoms with E-state index >= 15 is 0 Å². The van der Waals surface area contributed by atoms with Crippen LogP contribution in [0.3, 0.4) is 0 Å². The number of benzene rings is 4. The van der Waals surface area contributed by atoms with Crippen LogP contribution < -0.4 is 37.4 Å². The molecule has 1 atom stereocenters. The van der Waals surface area contributed by atoms with E-state index < -0.39 is 33.5 Å². The highest BCUT2D eigenvalue weighted by Crippen LogP contribution is 2.21. The normalized spacial score (nSPS) is 11.9. The number of carboxylic acids is 1. The number of carboxylic acid groups (broad SMARTS) is 1. The number of aromatic nitrogens is 4. The summed E-state index contributed by atoms with van der Waals surface area (Å²) in [5.41, 5.74) is 8.32. The molecule has 3 aromatic heterocycles. The van der Waals surface area contributed by atoms with Crippen LogP contribution >= 0.6 is 0 Å². The van der Waals surface area contributed by atoms with Crippen LogP contribution in [0.1, 0.15) is 55.8 Å². The number of imidazole rings is 1. The molecule has 0 aliphatic heterocycles. The average Bonchev–Trinajstić information content (AvgIpc) is 4.00. The second kappa shape index (κ2) is 29.4. The number of carbonyl (C=O) groups excluding carboxylic acids is 2. The van der Waals surface area contributed by atoms with Crippen LogP contribution in [0, 0.1) is 0 Å². The second-order valence-electron chi connectivity index (χ2n) is 17.8. The summed E-state index contributed by atoms with van der Waals surface area (Å²) in [6.07, 6.45) is 8.91. The number of aliphatic carboxylic acids is 1. The Morgan fingerprint density at radius 1 is 0.769 bits per heavy atom. The number of ether oxygens (including phenoxy) is 3. The lowest BCUT2D eigenvalue weighted by molar-refractivity contribution is -0.139. The minimum atomic E-state index is -4.40. The van der Waals surface area contributed by atoms with Gasteiger partial charge in [0.1, 0.15) is 22.3 Å². The second-order valence-corrected chi connectivity index (χ2v) is 19.2. The van der Waals surface area contributed by atoms with E-state index in [-0.39, 0.29) is 35.0 Å². The monoisotopic (exact) mass is 1090 g/mol. The van der Waals surface area contributed by atoms with Crippen molar-refractivity contribution in [2.24, 2.45) is 12.1 Å². The number of aromatic amines is 1. The maximum atomic E-state index is 13.4. The summed E-state index contributed by atoms with van der Waals surface area (Å²) < 4.78 is 51.0. The fraction of sp³-hybridized carbons (Fsp3) is 0.291. The third-order valence-electron chi connectivity index (χ3n) is 12.1. The number of hydrazone groups is 1. The first-order valence-corrected chi connectivity index (χ1v) is 26.6. The lowest BCUT2D eigenvalue weighted by atomic mass is 10.0. The molecule has 2 amide bonds. The molecular formula is C55H63N11O11S. The predicted octanol–water partition coefficient (Wildman–Crippen LogP) is 4.95. The Morgan fingerprint density at radius 3 is 2.09 bits per heavy atom. The number of fused-ring (bicyclic) bond motifs is 1. The highest BCUT2D eigenvalue weighted by molar-refractivity contribution is 7.86. The zero-order valence-electron chi connectivity index (χ0n) is 42.9. The highest BCUT2D eigenvalue weighted by atomic mass is 32.2. The smallest absolute Gasteiger partial charge is 0.322 e. The topological polar surface area (TPSA) is 302 Å². The van der Waals surface area contributed by atoms with Crippen LogP contribution in [-0.2, 0) is 55.8 Å². The van der Waals surface area contributed by atoms with Crippen LogP contribution in [0.25, 0.3) is 22.0 Å². The number of nitrogens with one attached hydrogen (secondary N) is 7. The molecule has 0 fully saturated rings. The van der Waals surface area contributed by atoms with Gasteiger partial charge >= 0.3 is 5.97 Å². The molecule has 23 heteroatoms. The molecule has 4 aromatic carbocycles. The molecule has 0 radical (unpaired) electrons. The maximum absolute atomic E-state index is 13.4. The Labute approximate surface area is 450 Å². The first kappa shape index (κ1) is 57.5. The standard InChI is InChI=1S/C55H63N11O11S/c1-66-37-46(51(67)45-18-12-40(30-48(45)66)33-63-55-58-22-23-59-55)53(69)62-36-47(54(70)71)60-32-39-10-15-42(16-11-39)41-13-8-38(9-14-41)31-56-20-4-24-75-26-28-77-29-27-76-25-5-21-57-52(68)44-17-19-50(61-34-44)65-64-35-43-6-2-3-7-49(43)78(72,73)74/h2-3,6-19,22-23,30,34-35,37,47,56,60H,4-5,20-21,24-29,31-33,36H2,1H3,(H,57,68)(H,61,65)(H,62,69)(H,70,71)(H2,58,59,63)(H,72,73,74)/b64-35-. The quantitative estimate of drug-likeness (QED) is 0.0117. The number of anilines is 2. The molecule has 0 spiro atoms. The summed E-state index contributed by atoms with van der Waals surface area (Å²) in [4.78, 5) is 62.2. The van der Waals surface area contributed by atoms with E-state index in [4.69, 9.17) is 14.2 Å². The maximum Gasteiger partial charge on any atom is 0.322 e. The number of aryl methyl sites for hydroxylation is 1. The molecule has 410 valence electrons. The van der Waals surface area contributed by atoms with Crippen molar-refractivity contribution in [3.8, 4) is 11.1 Å². The van der Waals surface area contributed by atoms with E-state index in [9.17, 15) is 37.3 Å². The largest absolute Gasteiger partial charge is 0.480 e. The van der Waals surface area contributed by atoms with Gasteiger partial charge in [0.2, 0.25) is 5.43 Å². The van der Waals surface area contributed by atoms with Gasteiger partial charge in [-0.2, -0.15) is 13.5 Å². The van der Waals surface area contributed by atoms with Crippen molar-refractivity contribution in [3.63, 3.8) is 0 Å². The first-order chi connectivity index (χ1) is 37.8. The van der Waals surface area contributed by atoms with Crippen molar-refractivity contribution in [3.05, 3.63) is 172 Å². The van der Waals surface area contributed by atoms with E-state index in [1.807, 2.05) is 36.4 Å². The van der Waals surface area contributed by atoms with Crippen LogP contribution in [0.2, 0.25) is 0 Å². The van der Waals surface area contributed by atoms with E-state index in [2.05, 4.69) is 76.3 Å². The van der Waals surface area contributed by atoms with E-state index in [0.29, 0.717) is 93.9 Å². The number of hydrogen-bond acceptors (Lipinski definition) is 16. The third kappa shape index (κ3) is 17.7. The molecule has 0 saturated heterocycles. The summed E-state index contributed by atoms with van der Waals surface area (Å²) in [5, 5.41) is 29.3. The molecule has 3 heterocycles. The SMILES string of the molecule is Cn1cc(C(=O)NCC(NCc2ccc(-c3ccc(CNCCCOCCOCCOCCCNC(=O)c4ccc(N/N=C\c5ccccc5S(=O)(=O)O)nc4)cc3)cc2)C(=O)O)c(=O)c2ccc(CNc3ncc[nH]3)cc21. The molecule has 0 bridgehead atoms. The fourth-order valence-electron chi connectivity index (χ4n) is 7.89. The van der Waals surface area contributed by atoms with Gasteiger partial charge in [0, 0.05) is 88.7 Å². The molecule has 0 aliphatic carbocycles. The highest BCUT2D eigenvalue weighted by Gasteiger charge is 2.21. The Hall–Kier alpha value is -8.16. The van der Waals surface area contributed by atoms with Crippen molar-refractivity contribution in [2.75, 3.05) is 70.0 Å². The van der Waals surface area contributed by atoms with Crippen LogP contribution in [0.5, 0.6) is 0 Å². The predicted molar refractivity (Wildman–Crippen MR) is 295 cm³/mol. The summed E-state index contributed by atoms with van der Waals surface area (Å²) >= 11 is 0. The Morgan fingerprint density at radius 2 is 1.44 bits per heavy atom. The summed E-state index contributed by atoms with van der Waals surface area (Å²) in [5.74, 6) is -1.13. The number of rotatable bonds is 32. The fourth-order valence-corrected chi connectivity index (χ4v) is 8.56. The van der Waals surface area contributed by atoms with Gasteiger partial charge in [-0.3, -0.25) is 34.5 Å². The molecule has 7 aromatic rings. The van der Waals surface area contributed by atoms with Crippen LogP contribution in [-0.4, -0.2) is 127 Å². The number of H-pyrrole nitrogens is 1. The van der Waals surface area contributed by atoms with Gasteiger partial charge in [0.15, 0.2) is 5.95 Å². The number of hydrogen-bond donors (Lipinski definition) is 9. The van der Waals surface area contributed by atoms with Gasteiger partial charge in [-0.1, -0.05) is 72.8 Å². The number of pyridine rings is 2. The van der Waals surface area contributed by atoms with Gasteiger partial charge in [-0.15, -0.1) is 0 Å². The molecule has 9 N–H and O–H groups in total. The number of amides is 2. The summed E-state index contributed by atoms with van der Waals surface area (Å²) in [7, 11) is -2.65. The minimum Gasteiger partial charge on any atom is -0.480 e. The molecular weight excluding hydrogens is 1020 g/mol. The summed E-state index contributed by atoms with van der Waals surface area (Å²) in [6.45, 7) is 5.24. The Kier molecular flexibility index (Phi) is 21.7. The van der Waals surface area contributed by atoms with E-state index in [0.717, 1.165) is 40.8 Å². The zero-order chi connectivity index (χ0) is 55.1. The van der Waals surface area contributed by atoms with E-state index in [1.165, 1.54) is 36.8 Å².